The second kappa shape index (κ2) is 4.73. The molecule has 3 heteroatoms. The first-order valence-corrected chi connectivity index (χ1v) is 6.56. The highest BCUT2D eigenvalue weighted by Gasteiger charge is 2.45. The second-order valence-electron chi connectivity index (χ2n) is 5.22. The van der Waals surface area contributed by atoms with E-state index in [0.717, 1.165) is 11.4 Å². The molecule has 1 aliphatic carbocycles. The third-order valence-electron chi connectivity index (χ3n) is 3.87. The maximum Gasteiger partial charge on any atom is 0.252 e. The molecule has 0 heterocycles. The number of thiol groups is 1. The van der Waals surface area contributed by atoms with Gasteiger partial charge in [-0.25, -0.2) is 0 Å². The Kier molecular flexibility index (Phi) is 3.48. The van der Waals surface area contributed by atoms with Crippen molar-refractivity contribution in [1.82, 2.24) is 5.32 Å². The molecule has 17 heavy (non-hydrogen) atoms. The number of nitrogens with one attached hydrogen (secondary N) is 1. The highest BCUT2D eigenvalue weighted by atomic mass is 32.1. The Morgan fingerprint density at radius 3 is 2.59 bits per heavy atom. The third-order valence-corrected chi connectivity index (χ3v) is 4.26. The zero-order valence-corrected chi connectivity index (χ0v) is 11.3. The molecule has 2 nitrogen and oxygen atoms in total. The fourth-order valence-electron chi connectivity index (χ4n) is 2.14. The van der Waals surface area contributed by atoms with Gasteiger partial charge < -0.3 is 5.32 Å². The summed E-state index contributed by atoms with van der Waals surface area (Å²) in [6.45, 7) is 5.24. The van der Waals surface area contributed by atoms with Gasteiger partial charge in [0.1, 0.15) is 0 Å². The van der Waals surface area contributed by atoms with Gasteiger partial charge in [0.25, 0.3) is 5.91 Å². The van der Waals surface area contributed by atoms with Gasteiger partial charge in [0.2, 0.25) is 0 Å². The van der Waals surface area contributed by atoms with Crippen LogP contribution in [0, 0.1) is 11.3 Å². The minimum atomic E-state index is -0.0116. The van der Waals surface area contributed by atoms with Crippen molar-refractivity contribution in [1.29, 1.82) is 0 Å². The Bertz CT molecular complexity index is 424. The number of carbonyl (C=O) groups excluding carboxylic acids is 1. The summed E-state index contributed by atoms with van der Waals surface area (Å²) in [7, 11) is 0. The van der Waals surface area contributed by atoms with Crippen LogP contribution in [0.1, 0.15) is 37.0 Å². The highest BCUT2D eigenvalue weighted by molar-refractivity contribution is 7.80. The van der Waals surface area contributed by atoms with E-state index in [1.54, 1.807) is 0 Å². The Morgan fingerprint density at radius 1 is 1.41 bits per heavy atom. The molecule has 1 N–H and O–H groups in total. The summed E-state index contributed by atoms with van der Waals surface area (Å²) < 4.78 is 0. The molecule has 0 atom stereocenters. The predicted octanol–water partition coefficient (Wildman–Crippen LogP) is 3.14. The van der Waals surface area contributed by atoms with Crippen LogP contribution in [0.15, 0.2) is 29.2 Å². The number of carbonyl (C=O) groups is 1. The maximum absolute atomic E-state index is 12.0. The Labute approximate surface area is 108 Å². The van der Waals surface area contributed by atoms with Crippen molar-refractivity contribution in [3.8, 4) is 0 Å². The number of rotatable bonds is 4. The highest BCUT2D eigenvalue weighted by Crippen LogP contribution is 2.51. The number of amides is 1. The quantitative estimate of drug-likeness (QED) is 0.789. The van der Waals surface area contributed by atoms with Gasteiger partial charge in [0.05, 0.1) is 5.56 Å². The van der Waals surface area contributed by atoms with Crippen molar-refractivity contribution in [3.63, 3.8) is 0 Å². The SMILES string of the molecule is CC(C)C1(CNC(=O)c2ccccc2S)CC1. The molecule has 2 rings (SSSR count). The zero-order chi connectivity index (χ0) is 12.5. The van der Waals surface area contributed by atoms with Crippen LogP contribution >= 0.6 is 12.6 Å². The van der Waals surface area contributed by atoms with Gasteiger partial charge >= 0.3 is 0 Å². The molecular weight excluding hydrogens is 230 g/mol. The fourth-order valence-corrected chi connectivity index (χ4v) is 2.40. The van der Waals surface area contributed by atoms with Crippen LogP contribution in [0.2, 0.25) is 0 Å². The van der Waals surface area contributed by atoms with E-state index in [0.29, 0.717) is 16.9 Å². The van der Waals surface area contributed by atoms with Gasteiger partial charge in [-0.1, -0.05) is 26.0 Å². The summed E-state index contributed by atoms with van der Waals surface area (Å²) in [6.07, 6.45) is 2.46. The summed E-state index contributed by atoms with van der Waals surface area (Å²) >= 11 is 4.30. The molecule has 1 fully saturated rings. The van der Waals surface area contributed by atoms with E-state index < -0.39 is 0 Å². The molecule has 1 aromatic carbocycles. The lowest BCUT2D eigenvalue weighted by molar-refractivity contribution is 0.0937. The summed E-state index contributed by atoms with van der Waals surface area (Å²) in [6, 6.07) is 7.40. The standard InChI is InChI=1S/C14H19NOS/c1-10(2)14(7-8-14)9-15-13(16)11-5-3-4-6-12(11)17/h3-6,10,17H,7-9H2,1-2H3,(H,15,16). The largest absolute Gasteiger partial charge is 0.351 e. The van der Waals surface area contributed by atoms with Crippen molar-refractivity contribution in [2.75, 3.05) is 6.54 Å². The third kappa shape index (κ3) is 2.65. The van der Waals surface area contributed by atoms with Gasteiger partial charge in [0, 0.05) is 11.4 Å². The maximum atomic E-state index is 12.0. The minimum Gasteiger partial charge on any atom is -0.351 e. The molecule has 1 aromatic rings. The van der Waals surface area contributed by atoms with Crippen molar-refractivity contribution in [2.24, 2.45) is 11.3 Å². The first-order valence-electron chi connectivity index (χ1n) is 6.11. The van der Waals surface area contributed by atoms with E-state index in [4.69, 9.17) is 0 Å². The molecule has 0 unspecified atom stereocenters. The lowest BCUT2D eigenvalue weighted by Gasteiger charge is -2.20. The van der Waals surface area contributed by atoms with Crippen molar-refractivity contribution < 1.29 is 4.79 Å². The fraction of sp³-hybridized carbons (Fsp3) is 0.500. The average Bonchev–Trinajstić information content (AvgIpc) is 3.07. The number of hydrogen-bond donors (Lipinski definition) is 2. The monoisotopic (exact) mass is 249 g/mol. The Balaban J connectivity index is 1.97. The van der Waals surface area contributed by atoms with Gasteiger partial charge in [-0.2, -0.15) is 0 Å². The summed E-state index contributed by atoms with van der Waals surface area (Å²) in [5, 5.41) is 3.04. The number of benzene rings is 1. The summed E-state index contributed by atoms with van der Waals surface area (Å²) in [5.41, 5.74) is 1.01. The van der Waals surface area contributed by atoms with E-state index in [2.05, 4.69) is 31.8 Å². The van der Waals surface area contributed by atoms with Gasteiger partial charge in [-0.3, -0.25) is 4.79 Å². The van der Waals surface area contributed by atoms with Crippen LogP contribution in [0.25, 0.3) is 0 Å². The van der Waals surface area contributed by atoms with Crippen molar-refractivity contribution in [2.45, 2.75) is 31.6 Å². The van der Waals surface area contributed by atoms with E-state index in [1.807, 2.05) is 24.3 Å². The molecule has 0 aliphatic heterocycles. The van der Waals surface area contributed by atoms with E-state index in [-0.39, 0.29) is 5.91 Å². The lowest BCUT2D eigenvalue weighted by Crippen LogP contribution is -2.32. The predicted molar refractivity (Wildman–Crippen MR) is 72.5 cm³/mol. The summed E-state index contributed by atoms with van der Waals surface area (Å²) in [5.74, 6) is 0.622. The molecule has 0 saturated heterocycles. The minimum absolute atomic E-state index is 0.0116. The van der Waals surface area contributed by atoms with E-state index >= 15 is 0 Å². The molecule has 0 radical (unpaired) electrons. The Hall–Kier alpha value is -0.960. The molecule has 1 aliphatic rings. The second-order valence-corrected chi connectivity index (χ2v) is 5.70. The van der Waals surface area contributed by atoms with Crippen LogP contribution in [0.5, 0.6) is 0 Å². The summed E-state index contributed by atoms with van der Waals surface area (Å²) in [4.78, 5) is 12.7. The zero-order valence-electron chi connectivity index (χ0n) is 10.4. The molecule has 1 saturated carbocycles. The van der Waals surface area contributed by atoms with Crippen LogP contribution in [0.4, 0.5) is 0 Å². The lowest BCUT2D eigenvalue weighted by atomic mass is 9.92. The van der Waals surface area contributed by atoms with Crippen molar-refractivity contribution in [3.05, 3.63) is 29.8 Å². The average molecular weight is 249 g/mol. The molecule has 0 aromatic heterocycles. The van der Waals surface area contributed by atoms with Crippen LogP contribution in [-0.4, -0.2) is 12.5 Å². The van der Waals surface area contributed by atoms with Crippen LogP contribution in [0.3, 0.4) is 0 Å². The molecular formula is C14H19NOS. The van der Waals surface area contributed by atoms with Gasteiger partial charge in [-0.15, -0.1) is 12.6 Å². The first kappa shape index (κ1) is 12.5. The number of hydrogen-bond acceptors (Lipinski definition) is 2. The van der Waals surface area contributed by atoms with Crippen LogP contribution in [-0.2, 0) is 0 Å². The normalized spacial score (nSPS) is 16.9. The molecule has 92 valence electrons. The Morgan fingerprint density at radius 2 is 2.06 bits per heavy atom. The molecule has 0 spiro atoms. The topological polar surface area (TPSA) is 29.1 Å². The van der Waals surface area contributed by atoms with Gasteiger partial charge in [-0.05, 0) is 36.3 Å². The van der Waals surface area contributed by atoms with Gasteiger partial charge in [0.15, 0.2) is 0 Å². The van der Waals surface area contributed by atoms with E-state index in [1.165, 1.54) is 12.8 Å². The van der Waals surface area contributed by atoms with E-state index in [9.17, 15) is 4.79 Å². The molecule has 0 bridgehead atoms. The smallest absolute Gasteiger partial charge is 0.252 e. The first-order chi connectivity index (χ1) is 8.05. The van der Waals surface area contributed by atoms with Crippen molar-refractivity contribution >= 4 is 18.5 Å². The van der Waals surface area contributed by atoms with Crippen LogP contribution < -0.4 is 5.32 Å². The molecule has 1 amide bonds.